The second-order valence-corrected chi connectivity index (χ2v) is 5.29. The second kappa shape index (κ2) is 5.83. The molecule has 3 nitrogen and oxygen atoms in total. The van der Waals surface area contributed by atoms with Gasteiger partial charge in [0.2, 0.25) is 0 Å². The van der Waals surface area contributed by atoms with Gasteiger partial charge in [0.25, 0.3) is 0 Å². The standard InChI is InChI=1S/C15H23NO2/c1-11-4-5-14(12(2)8-11)15(17)9-16-6-7-18-10-13(16)3/h4-5,8,13,15,17H,6-7,9-10H2,1-3H3. The predicted octanol–water partition coefficient (Wildman–Crippen LogP) is 2.06. The quantitative estimate of drug-likeness (QED) is 0.890. The number of hydrogen-bond donors (Lipinski definition) is 1. The van der Waals surface area contributed by atoms with Gasteiger partial charge >= 0.3 is 0 Å². The van der Waals surface area contributed by atoms with Crippen molar-refractivity contribution in [1.29, 1.82) is 0 Å². The molecule has 100 valence electrons. The summed E-state index contributed by atoms with van der Waals surface area (Å²) in [6, 6.07) is 6.62. The zero-order valence-corrected chi connectivity index (χ0v) is 11.5. The first kappa shape index (κ1) is 13.5. The summed E-state index contributed by atoms with van der Waals surface area (Å²) in [7, 11) is 0. The van der Waals surface area contributed by atoms with Crippen LogP contribution in [0, 0.1) is 13.8 Å². The smallest absolute Gasteiger partial charge is 0.0919 e. The minimum atomic E-state index is -0.411. The van der Waals surface area contributed by atoms with E-state index in [2.05, 4.69) is 37.8 Å². The molecular formula is C15H23NO2. The molecule has 1 N–H and O–H groups in total. The first-order valence-corrected chi connectivity index (χ1v) is 6.65. The number of aliphatic hydroxyl groups excluding tert-OH is 1. The van der Waals surface area contributed by atoms with Gasteiger partial charge in [-0.1, -0.05) is 23.8 Å². The van der Waals surface area contributed by atoms with Crippen molar-refractivity contribution in [3.63, 3.8) is 0 Å². The van der Waals surface area contributed by atoms with Crippen LogP contribution in [0.4, 0.5) is 0 Å². The molecule has 0 radical (unpaired) electrons. The Bertz CT molecular complexity index is 405. The average Bonchev–Trinajstić information content (AvgIpc) is 2.32. The van der Waals surface area contributed by atoms with Crippen LogP contribution in [0.5, 0.6) is 0 Å². The third-order valence-electron chi connectivity index (χ3n) is 3.70. The third-order valence-corrected chi connectivity index (χ3v) is 3.70. The highest BCUT2D eigenvalue weighted by molar-refractivity contribution is 5.32. The molecule has 1 fully saturated rings. The van der Waals surface area contributed by atoms with E-state index < -0.39 is 6.10 Å². The van der Waals surface area contributed by atoms with Gasteiger partial charge in [0.05, 0.1) is 19.3 Å². The monoisotopic (exact) mass is 249 g/mol. The van der Waals surface area contributed by atoms with Gasteiger partial charge in [0, 0.05) is 19.1 Å². The number of morpholine rings is 1. The summed E-state index contributed by atoms with van der Waals surface area (Å²) in [5.74, 6) is 0. The molecule has 1 heterocycles. The zero-order valence-electron chi connectivity index (χ0n) is 11.5. The molecule has 0 spiro atoms. The highest BCUT2D eigenvalue weighted by Gasteiger charge is 2.22. The average molecular weight is 249 g/mol. The number of benzene rings is 1. The molecule has 0 aromatic heterocycles. The zero-order chi connectivity index (χ0) is 13.1. The largest absolute Gasteiger partial charge is 0.387 e. The lowest BCUT2D eigenvalue weighted by atomic mass is 10.0. The van der Waals surface area contributed by atoms with Crippen LogP contribution in [-0.2, 0) is 4.74 Å². The lowest BCUT2D eigenvalue weighted by Gasteiger charge is -2.34. The third kappa shape index (κ3) is 3.10. The molecule has 0 saturated carbocycles. The minimum absolute atomic E-state index is 0.388. The summed E-state index contributed by atoms with van der Waals surface area (Å²) in [6.07, 6.45) is -0.411. The summed E-state index contributed by atoms with van der Waals surface area (Å²) >= 11 is 0. The van der Waals surface area contributed by atoms with E-state index in [0.29, 0.717) is 12.6 Å². The second-order valence-electron chi connectivity index (χ2n) is 5.29. The number of hydrogen-bond acceptors (Lipinski definition) is 3. The van der Waals surface area contributed by atoms with E-state index in [0.717, 1.165) is 25.3 Å². The van der Waals surface area contributed by atoms with Crippen molar-refractivity contribution in [3.05, 3.63) is 34.9 Å². The van der Waals surface area contributed by atoms with Crippen molar-refractivity contribution < 1.29 is 9.84 Å². The molecule has 1 aliphatic rings. The number of ether oxygens (including phenoxy) is 1. The van der Waals surface area contributed by atoms with Crippen LogP contribution in [-0.4, -0.2) is 42.4 Å². The summed E-state index contributed by atoms with van der Waals surface area (Å²) in [5, 5.41) is 10.4. The fourth-order valence-electron chi connectivity index (χ4n) is 2.55. The SMILES string of the molecule is Cc1ccc(C(O)CN2CCOCC2C)c(C)c1. The molecule has 0 amide bonds. The van der Waals surface area contributed by atoms with E-state index in [4.69, 9.17) is 4.74 Å². The number of rotatable bonds is 3. The predicted molar refractivity (Wildman–Crippen MR) is 72.7 cm³/mol. The Kier molecular flexibility index (Phi) is 4.38. The van der Waals surface area contributed by atoms with Crippen LogP contribution < -0.4 is 0 Å². The van der Waals surface area contributed by atoms with Crippen molar-refractivity contribution in [2.75, 3.05) is 26.3 Å². The Balaban J connectivity index is 2.04. The maximum Gasteiger partial charge on any atom is 0.0919 e. The lowest BCUT2D eigenvalue weighted by Crippen LogP contribution is -2.45. The van der Waals surface area contributed by atoms with Gasteiger partial charge in [-0.3, -0.25) is 4.90 Å². The van der Waals surface area contributed by atoms with E-state index >= 15 is 0 Å². The molecule has 2 rings (SSSR count). The van der Waals surface area contributed by atoms with Gasteiger partial charge in [0.1, 0.15) is 0 Å². The first-order valence-electron chi connectivity index (χ1n) is 6.65. The van der Waals surface area contributed by atoms with Crippen LogP contribution in [0.2, 0.25) is 0 Å². The number of aliphatic hydroxyl groups is 1. The van der Waals surface area contributed by atoms with Gasteiger partial charge in [-0.05, 0) is 31.9 Å². The molecule has 1 saturated heterocycles. The van der Waals surface area contributed by atoms with Crippen LogP contribution in [0.25, 0.3) is 0 Å². The highest BCUT2D eigenvalue weighted by atomic mass is 16.5. The number of nitrogens with zero attached hydrogens (tertiary/aromatic N) is 1. The Morgan fingerprint density at radius 3 is 2.89 bits per heavy atom. The van der Waals surface area contributed by atoms with Crippen LogP contribution in [0.15, 0.2) is 18.2 Å². The summed E-state index contributed by atoms with van der Waals surface area (Å²) in [4.78, 5) is 2.30. The van der Waals surface area contributed by atoms with E-state index in [1.807, 2.05) is 6.07 Å². The molecule has 1 aromatic carbocycles. The van der Waals surface area contributed by atoms with Gasteiger partial charge in [-0.2, -0.15) is 0 Å². The highest BCUT2D eigenvalue weighted by Crippen LogP contribution is 2.21. The summed E-state index contributed by atoms with van der Waals surface area (Å²) < 4.78 is 5.42. The Morgan fingerprint density at radius 1 is 1.44 bits per heavy atom. The molecule has 1 aliphatic heterocycles. The minimum Gasteiger partial charge on any atom is -0.387 e. The Morgan fingerprint density at radius 2 is 2.22 bits per heavy atom. The Hall–Kier alpha value is -0.900. The number of aryl methyl sites for hydroxylation is 2. The van der Waals surface area contributed by atoms with Crippen molar-refractivity contribution >= 4 is 0 Å². The van der Waals surface area contributed by atoms with E-state index in [1.54, 1.807) is 0 Å². The van der Waals surface area contributed by atoms with Crippen LogP contribution >= 0.6 is 0 Å². The molecule has 0 bridgehead atoms. The maximum absolute atomic E-state index is 10.4. The fraction of sp³-hybridized carbons (Fsp3) is 0.600. The van der Waals surface area contributed by atoms with Crippen molar-refractivity contribution in [3.8, 4) is 0 Å². The summed E-state index contributed by atoms with van der Waals surface area (Å²) in [5.41, 5.74) is 3.45. The fourth-order valence-corrected chi connectivity index (χ4v) is 2.55. The molecule has 3 heteroatoms. The van der Waals surface area contributed by atoms with Gasteiger partial charge < -0.3 is 9.84 Å². The van der Waals surface area contributed by atoms with Crippen LogP contribution in [0.1, 0.15) is 29.7 Å². The van der Waals surface area contributed by atoms with Crippen molar-refractivity contribution in [2.24, 2.45) is 0 Å². The molecular weight excluding hydrogens is 226 g/mol. The number of β-amino-alcohol motifs (C(OH)–C–C–N with tert-alkyl or cyclic N) is 1. The topological polar surface area (TPSA) is 32.7 Å². The van der Waals surface area contributed by atoms with E-state index in [1.165, 1.54) is 11.1 Å². The van der Waals surface area contributed by atoms with Crippen LogP contribution in [0.3, 0.4) is 0 Å². The van der Waals surface area contributed by atoms with Crippen molar-refractivity contribution in [2.45, 2.75) is 32.9 Å². The molecule has 0 aliphatic carbocycles. The summed E-state index contributed by atoms with van der Waals surface area (Å²) in [6.45, 7) is 9.41. The first-order chi connectivity index (χ1) is 8.58. The lowest BCUT2D eigenvalue weighted by molar-refractivity contribution is -0.0203. The Labute approximate surface area is 109 Å². The molecule has 1 aromatic rings. The molecule has 2 unspecified atom stereocenters. The maximum atomic E-state index is 10.4. The van der Waals surface area contributed by atoms with Crippen molar-refractivity contribution in [1.82, 2.24) is 4.90 Å². The van der Waals surface area contributed by atoms with E-state index in [-0.39, 0.29) is 0 Å². The molecule has 18 heavy (non-hydrogen) atoms. The van der Waals surface area contributed by atoms with E-state index in [9.17, 15) is 5.11 Å². The van der Waals surface area contributed by atoms with Gasteiger partial charge in [0.15, 0.2) is 0 Å². The molecule has 2 atom stereocenters. The van der Waals surface area contributed by atoms with Gasteiger partial charge in [-0.15, -0.1) is 0 Å². The normalized spacial score (nSPS) is 23.0. The van der Waals surface area contributed by atoms with Gasteiger partial charge in [-0.25, -0.2) is 0 Å².